The standard InChI is InChI=1S/C12H18N2O2S/c1-3-13-4-5-14(7-9(13)2)10-6-11(12(15)16)17-8-10/h6,8-9H,3-5,7H2,1-2H3,(H,15,16). The fraction of sp³-hybridized carbons (Fsp3) is 0.583. The second-order valence-corrected chi connectivity index (χ2v) is 5.31. The summed E-state index contributed by atoms with van der Waals surface area (Å²) in [5.41, 5.74) is 1.05. The van der Waals surface area contributed by atoms with Gasteiger partial charge in [0.25, 0.3) is 0 Å². The van der Waals surface area contributed by atoms with Crippen molar-refractivity contribution in [3.8, 4) is 0 Å². The number of nitrogens with zero attached hydrogens (tertiary/aromatic N) is 2. The molecule has 1 aliphatic heterocycles. The van der Waals surface area contributed by atoms with Gasteiger partial charge in [0.15, 0.2) is 0 Å². The Morgan fingerprint density at radius 3 is 2.88 bits per heavy atom. The van der Waals surface area contributed by atoms with E-state index in [1.165, 1.54) is 11.3 Å². The summed E-state index contributed by atoms with van der Waals surface area (Å²) in [5, 5.41) is 10.9. The molecule has 1 saturated heterocycles. The summed E-state index contributed by atoms with van der Waals surface area (Å²) in [5.74, 6) is -0.832. The maximum absolute atomic E-state index is 10.8. The highest BCUT2D eigenvalue weighted by Crippen LogP contribution is 2.25. The molecule has 1 aromatic rings. The van der Waals surface area contributed by atoms with Crippen LogP contribution in [0.25, 0.3) is 0 Å². The normalized spacial score (nSPS) is 21.8. The summed E-state index contributed by atoms with van der Waals surface area (Å²) in [6.45, 7) is 8.49. The van der Waals surface area contributed by atoms with E-state index in [4.69, 9.17) is 5.11 Å². The van der Waals surface area contributed by atoms with Crippen LogP contribution in [0.4, 0.5) is 5.69 Å². The maximum atomic E-state index is 10.8. The van der Waals surface area contributed by atoms with E-state index in [1.807, 2.05) is 5.38 Å². The molecule has 1 fully saturated rings. The highest BCUT2D eigenvalue weighted by atomic mass is 32.1. The van der Waals surface area contributed by atoms with Gasteiger partial charge in [0, 0.05) is 36.7 Å². The van der Waals surface area contributed by atoms with Crippen molar-refractivity contribution in [3.05, 3.63) is 16.3 Å². The van der Waals surface area contributed by atoms with Crippen LogP contribution in [-0.2, 0) is 0 Å². The Bertz CT molecular complexity index is 405. The van der Waals surface area contributed by atoms with E-state index in [0.29, 0.717) is 10.9 Å². The monoisotopic (exact) mass is 254 g/mol. The third-order valence-corrected chi connectivity index (χ3v) is 4.24. The molecule has 0 spiro atoms. The van der Waals surface area contributed by atoms with Gasteiger partial charge in [-0.05, 0) is 19.5 Å². The van der Waals surface area contributed by atoms with Gasteiger partial charge in [-0.1, -0.05) is 6.92 Å². The molecule has 1 aliphatic rings. The van der Waals surface area contributed by atoms with Crippen LogP contribution in [0.3, 0.4) is 0 Å². The Hall–Kier alpha value is -1.07. The number of carboxylic acid groups (broad SMARTS) is 1. The second kappa shape index (κ2) is 5.06. The molecule has 0 bridgehead atoms. The van der Waals surface area contributed by atoms with Gasteiger partial charge >= 0.3 is 5.97 Å². The predicted octanol–water partition coefficient (Wildman–Crippen LogP) is 1.98. The number of rotatable bonds is 3. The molecule has 0 aliphatic carbocycles. The van der Waals surface area contributed by atoms with E-state index in [9.17, 15) is 4.79 Å². The number of hydrogen-bond donors (Lipinski definition) is 1. The molecule has 0 radical (unpaired) electrons. The first-order chi connectivity index (χ1) is 8.11. The molecular formula is C12H18N2O2S. The number of hydrogen-bond acceptors (Lipinski definition) is 4. The lowest BCUT2D eigenvalue weighted by atomic mass is 10.2. The number of carboxylic acids is 1. The average molecular weight is 254 g/mol. The molecule has 4 nitrogen and oxygen atoms in total. The number of aromatic carboxylic acids is 1. The molecule has 0 aromatic carbocycles. The number of anilines is 1. The lowest BCUT2D eigenvalue weighted by molar-refractivity contribution is 0.0702. The fourth-order valence-electron chi connectivity index (χ4n) is 2.30. The molecule has 2 rings (SSSR count). The maximum Gasteiger partial charge on any atom is 0.345 e. The van der Waals surface area contributed by atoms with Crippen LogP contribution in [0, 0.1) is 0 Å². The van der Waals surface area contributed by atoms with Crippen molar-refractivity contribution in [1.29, 1.82) is 0 Å². The smallest absolute Gasteiger partial charge is 0.345 e. The molecule has 1 N–H and O–H groups in total. The number of likely N-dealkylation sites (N-methyl/N-ethyl adjacent to an activating group) is 1. The van der Waals surface area contributed by atoms with Crippen LogP contribution >= 0.6 is 11.3 Å². The summed E-state index contributed by atoms with van der Waals surface area (Å²) in [6.07, 6.45) is 0. The van der Waals surface area contributed by atoms with E-state index < -0.39 is 5.97 Å². The minimum Gasteiger partial charge on any atom is -0.477 e. The molecule has 0 amide bonds. The lowest BCUT2D eigenvalue weighted by Gasteiger charge is -2.40. The van der Waals surface area contributed by atoms with Gasteiger partial charge in [0.1, 0.15) is 4.88 Å². The van der Waals surface area contributed by atoms with Crippen molar-refractivity contribution in [2.45, 2.75) is 19.9 Å². The summed E-state index contributed by atoms with van der Waals surface area (Å²) >= 11 is 1.30. The molecule has 94 valence electrons. The third-order valence-electron chi connectivity index (χ3n) is 3.33. The fourth-order valence-corrected chi connectivity index (χ4v) is 3.06. The van der Waals surface area contributed by atoms with Crippen molar-refractivity contribution in [1.82, 2.24) is 4.90 Å². The molecule has 17 heavy (non-hydrogen) atoms. The van der Waals surface area contributed by atoms with Gasteiger partial charge in [-0.25, -0.2) is 4.79 Å². The zero-order valence-corrected chi connectivity index (χ0v) is 11.0. The van der Waals surface area contributed by atoms with E-state index in [1.54, 1.807) is 6.07 Å². The molecular weight excluding hydrogens is 236 g/mol. The molecule has 2 heterocycles. The van der Waals surface area contributed by atoms with Crippen LogP contribution in [0.5, 0.6) is 0 Å². The summed E-state index contributed by atoms with van der Waals surface area (Å²) < 4.78 is 0. The van der Waals surface area contributed by atoms with Crippen LogP contribution < -0.4 is 4.90 Å². The number of carbonyl (C=O) groups is 1. The van der Waals surface area contributed by atoms with Crippen molar-refractivity contribution in [3.63, 3.8) is 0 Å². The van der Waals surface area contributed by atoms with E-state index in [0.717, 1.165) is 31.9 Å². The van der Waals surface area contributed by atoms with E-state index >= 15 is 0 Å². The Morgan fingerprint density at radius 1 is 1.59 bits per heavy atom. The van der Waals surface area contributed by atoms with Crippen LogP contribution in [-0.4, -0.2) is 48.2 Å². The summed E-state index contributed by atoms with van der Waals surface area (Å²) in [4.78, 5) is 16.0. The first kappa shape index (κ1) is 12.4. The Balaban J connectivity index is 2.06. The summed E-state index contributed by atoms with van der Waals surface area (Å²) in [6, 6.07) is 2.31. The number of piperazine rings is 1. The first-order valence-corrected chi connectivity index (χ1v) is 6.80. The Morgan fingerprint density at radius 2 is 2.35 bits per heavy atom. The minimum absolute atomic E-state index is 0.422. The largest absolute Gasteiger partial charge is 0.477 e. The van der Waals surface area contributed by atoms with Crippen LogP contribution in [0.2, 0.25) is 0 Å². The van der Waals surface area contributed by atoms with Crippen molar-refractivity contribution >= 4 is 23.0 Å². The van der Waals surface area contributed by atoms with Crippen molar-refractivity contribution in [2.24, 2.45) is 0 Å². The van der Waals surface area contributed by atoms with E-state index in [2.05, 4.69) is 23.6 Å². The van der Waals surface area contributed by atoms with E-state index in [-0.39, 0.29) is 0 Å². The molecule has 1 aromatic heterocycles. The van der Waals surface area contributed by atoms with Gasteiger partial charge in [-0.2, -0.15) is 0 Å². The highest BCUT2D eigenvalue weighted by Gasteiger charge is 2.23. The third kappa shape index (κ3) is 2.61. The van der Waals surface area contributed by atoms with Crippen LogP contribution in [0.1, 0.15) is 23.5 Å². The SMILES string of the molecule is CCN1CCN(c2csc(C(=O)O)c2)CC1C. The quantitative estimate of drug-likeness (QED) is 0.895. The average Bonchev–Trinajstić information content (AvgIpc) is 2.78. The molecule has 1 atom stereocenters. The van der Waals surface area contributed by atoms with Gasteiger partial charge in [0.05, 0.1) is 0 Å². The highest BCUT2D eigenvalue weighted by molar-refractivity contribution is 7.12. The molecule has 5 heteroatoms. The summed E-state index contributed by atoms with van der Waals surface area (Å²) in [7, 11) is 0. The Kier molecular flexibility index (Phi) is 3.69. The van der Waals surface area contributed by atoms with Gasteiger partial charge < -0.3 is 10.0 Å². The zero-order valence-electron chi connectivity index (χ0n) is 10.2. The molecule has 0 saturated carbocycles. The Labute approximate surface area is 105 Å². The lowest BCUT2D eigenvalue weighted by Crippen LogP contribution is -2.51. The van der Waals surface area contributed by atoms with Gasteiger partial charge in [0.2, 0.25) is 0 Å². The zero-order chi connectivity index (χ0) is 12.4. The second-order valence-electron chi connectivity index (χ2n) is 4.40. The minimum atomic E-state index is -0.832. The van der Waals surface area contributed by atoms with Crippen molar-refractivity contribution < 1.29 is 9.90 Å². The predicted molar refractivity (Wildman–Crippen MR) is 70.2 cm³/mol. The van der Waals surface area contributed by atoms with Gasteiger partial charge in [-0.3, -0.25) is 4.90 Å². The van der Waals surface area contributed by atoms with Crippen molar-refractivity contribution in [2.75, 3.05) is 31.1 Å². The first-order valence-electron chi connectivity index (χ1n) is 5.92. The molecule has 1 unspecified atom stereocenters. The van der Waals surface area contributed by atoms with Gasteiger partial charge in [-0.15, -0.1) is 11.3 Å². The topological polar surface area (TPSA) is 43.8 Å². The van der Waals surface area contributed by atoms with Crippen LogP contribution in [0.15, 0.2) is 11.4 Å². The number of thiophene rings is 1.